The summed E-state index contributed by atoms with van der Waals surface area (Å²) in [5.41, 5.74) is 6.10. The van der Waals surface area contributed by atoms with E-state index in [0.717, 1.165) is 5.58 Å². The average Bonchev–Trinajstić information content (AvgIpc) is 3.64. The van der Waals surface area contributed by atoms with Gasteiger partial charge in [-0.2, -0.15) is 0 Å². The van der Waals surface area contributed by atoms with Gasteiger partial charge in [-0.25, -0.2) is 0 Å². The second kappa shape index (κ2) is 8.29. The standard InChI is InChI=1S/C38H22OS/c1-2-11-24-23(9-1)10-7-16-25(24)35-26-12-3-5-14-28(26)36(29-15-6-4-13-27(29)35)31-17-8-18-32-37-30-21-22-39-33(30)19-20-34(37)40-38(31)32/h1-22H. The van der Waals surface area contributed by atoms with Crippen LogP contribution in [0.4, 0.5) is 0 Å². The van der Waals surface area contributed by atoms with Gasteiger partial charge in [0.05, 0.1) is 6.26 Å². The first-order valence-electron chi connectivity index (χ1n) is 13.6. The van der Waals surface area contributed by atoms with Gasteiger partial charge in [0.1, 0.15) is 5.58 Å². The summed E-state index contributed by atoms with van der Waals surface area (Å²) >= 11 is 1.88. The van der Waals surface area contributed by atoms with Crippen molar-refractivity contribution in [3.63, 3.8) is 0 Å². The largest absolute Gasteiger partial charge is 0.464 e. The molecule has 0 saturated carbocycles. The fraction of sp³-hybridized carbons (Fsp3) is 0. The predicted octanol–water partition coefficient (Wildman–Crippen LogP) is 11.6. The molecule has 0 aliphatic carbocycles. The van der Waals surface area contributed by atoms with Crippen molar-refractivity contribution in [3.05, 3.63) is 134 Å². The summed E-state index contributed by atoms with van der Waals surface area (Å²) in [4.78, 5) is 0. The molecule has 1 nitrogen and oxygen atoms in total. The zero-order chi connectivity index (χ0) is 26.2. The van der Waals surface area contributed by atoms with Gasteiger partial charge in [-0.1, -0.05) is 109 Å². The maximum absolute atomic E-state index is 5.76. The smallest absolute Gasteiger partial charge is 0.134 e. The van der Waals surface area contributed by atoms with Crippen molar-refractivity contribution in [2.75, 3.05) is 0 Å². The molecular formula is C38H22OS. The minimum Gasteiger partial charge on any atom is -0.464 e. The molecule has 40 heavy (non-hydrogen) atoms. The Morgan fingerprint density at radius 1 is 0.425 bits per heavy atom. The highest BCUT2D eigenvalue weighted by molar-refractivity contribution is 7.26. The second-order valence-corrected chi connectivity index (χ2v) is 11.5. The Morgan fingerprint density at radius 3 is 1.75 bits per heavy atom. The third kappa shape index (κ3) is 2.97. The average molecular weight is 527 g/mol. The molecule has 186 valence electrons. The summed E-state index contributed by atoms with van der Waals surface area (Å²) in [6.07, 6.45) is 1.80. The molecule has 0 bridgehead atoms. The fourth-order valence-electron chi connectivity index (χ4n) is 6.69. The second-order valence-electron chi connectivity index (χ2n) is 10.4. The molecule has 0 atom stereocenters. The van der Waals surface area contributed by atoms with Crippen LogP contribution in [0.3, 0.4) is 0 Å². The molecule has 2 heteroatoms. The highest BCUT2D eigenvalue weighted by atomic mass is 32.1. The van der Waals surface area contributed by atoms with E-state index in [9.17, 15) is 0 Å². The van der Waals surface area contributed by atoms with E-state index in [2.05, 4.69) is 127 Å². The lowest BCUT2D eigenvalue weighted by Crippen LogP contribution is -1.91. The molecule has 9 rings (SSSR count). The molecule has 0 unspecified atom stereocenters. The van der Waals surface area contributed by atoms with E-state index in [1.807, 2.05) is 11.3 Å². The molecular weight excluding hydrogens is 504 g/mol. The molecule has 0 fully saturated rings. The van der Waals surface area contributed by atoms with Gasteiger partial charge in [0.25, 0.3) is 0 Å². The van der Waals surface area contributed by atoms with Crippen LogP contribution in [0.15, 0.2) is 138 Å². The van der Waals surface area contributed by atoms with Crippen molar-refractivity contribution in [2.45, 2.75) is 0 Å². The van der Waals surface area contributed by atoms with Crippen LogP contribution < -0.4 is 0 Å². The number of thiophene rings is 1. The van der Waals surface area contributed by atoms with Gasteiger partial charge in [0.15, 0.2) is 0 Å². The summed E-state index contributed by atoms with van der Waals surface area (Å²) in [5.74, 6) is 0. The minimum atomic E-state index is 0.938. The summed E-state index contributed by atoms with van der Waals surface area (Å²) in [6, 6.07) is 46.4. The van der Waals surface area contributed by atoms with Crippen molar-refractivity contribution in [3.8, 4) is 22.3 Å². The van der Waals surface area contributed by atoms with Crippen molar-refractivity contribution < 1.29 is 4.42 Å². The molecule has 0 radical (unpaired) electrons. The molecule has 0 saturated heterocycles. The lowest BCUT2D eigenvalue weighted by Gasteiger charge is -2.19. The van der Waals surface area contributed by atoms with E-state index < -0.39 is 0 Å². The first-order valence-corrected chi connectivity index (χ1v) is 14.4. The molecule has 0 aliphatic rings. The van der Waals surface area contributed by atoms with Crippen LogP contribution in [0.5, 0.6) is 0 Å². The third-order valence-electron chi connectivity index (χ3n) is 8.35. The number of fused-ring (bicyclic) bond motifs is 8. The van der Waals surface area contributed by atoms with Crippen LogP contribution in [-0.4, -0.2) is 0 Å². The maximum Gasteiger partial charge on any atom is 0.134 e. The summed E-state index contributed by atoms with van der Waals surface area (Å²) in [5, 5.41) is 11.4. The lowest BCUT2D eigenvalue weighted by molar-refractivity contribution is 0.616. The van der Waals surface area contributed by atoms with Crippen LogP contribution in [0.2, 0.25) is 0 Å². The van der Waals surface area contributed by atoms with E-state index in [-0.39, 0.29) is 0 Å². The molecule has 0 spiro atoms. The van der Waals surface area contributed by atoms with Crippen LogP contribution in [0, 0.1) is 0 Å². The minimum absolute atomic E-state index is 0.938. The molecule has 0 amide bonds. The van der Waals surface area contributed by atoms with E-state index in [1.54, 1.807) is 6.26 Å². The Labute approximate surface area is 234 Å². The zero-order valence-electron chi connectivity index (χ0n) is 21.5. The van der Waals surface area contributed by atoms with Crippen molar-refractivity contribution in [1.29, 1.82) is 0 Å². The van der Waals surface area contributed by atoms with Gasteiger partial charge >= 0.3 is 0 Å². The first kappa shape index (κ1) is 22.0. The molecule has 0 aliphatic heterocycles. The SMILES string of the molecule is c1ccc2c(-c3c4ccccc4c(-c4cccc5c4sc4ccc6occc6c45)c4ccccc34)cccc2c1. The normalized spacial score (nSPS) is 12.0. The van der Waals surface area contributed by atoms with Gasteiger partial charge in [-0.15, -0.1) is 11.3 Å². The Hall–Kier alpha value is -4.92. The van der Waals surface area contributed by atoms with Crippen LogP contribution in [0.25, 0.3) is 85.7 Å². The van der Waals surface area contributed by atoms with Gasteiger partial charge in [-0.3, -0.25) is 0 Å². The quantitative estimate of drug-likeness (QED) is 0.204. The summed E-state index contributed by atoms with van der Waals surface area (Å²) in [7, 11) is 0. The van der Waals surface area contributed by atoms with Gasteiger partial charge in [0, 0.05) is 31.1 Å². The number of benzene rings is 7. The fourth-order valence-corrected chi connectivity index (χ4v) is 7.93. The third-order valence-corrected chi connectivity index (χ3v) is 9.56. The maximum atomic E-state index is 5.76. The summed E-state index contributed by atoms with van der Waals surface area (Å²) < 4.78 is 8.37. The number of hydrogen-bond donors (Lipinski definition) is 0. The van der Waals surface area contributed by atoms with E-state index >= 15 is 0 Å². The Bertz CT molecular complexity index is 2380. The highest BCUT2D eigenvalue weighted by Gasteiger charge is 2.20. The molecule has 0 N–H and O–H groups in total. The highest BCUT2D eigenvalue weighted by Crippen LogP contribution is 2.49. The van der Waals surface area contributed by atoms with Crippen LogP contribution in [0.1, 0.15) is 0 Å². The number of rotatable bonds is 2. The van der Waals surface area contributed by atoms with Gasteiger partial charge < -0.3 is 4.42 Å². The molecule has 7 aromatic carbocycles. The molecule has 2 heterocycles. The predicted molar refractivity (Wildman–Crippen MR) is 172 cm³/mol. The van der Waals surface area contributed by atoms with Crippen molar-refractivity contribution in [1.82, 2.24) is 0 Å². The Balaban J connectivity index is 1.46. The molecule has 2 aromatic heterocycles. The Morgan fingerprint density at radius 2 is 1.00 bits per heavy atom. The Kier molecular flexibility index (Phi) is 4.55. The monoisotopic (exact) mass is 526 g/mol. The number of furan rings is 1. The van der Waals surface area contributed by atoms with Crippen LogP contribution in [-0.2, 0) is 0 Å². The zero-order valence-corrected chi connectivity index (χ0v) is 22.3. The van der Waals surface area contributed by atoms with Crippen molar-refractivity contribution in [2.24, 2.45) is 0 Å². The summed E-state index contributed by atoms with van der Waals surface area (Å²) in [6.45, 7) is 0. The van der Waals surface area contributed by atoms with E-state index in [1.165, 1.54) is 80.1 Å². The van der Waals surface area contributed by atoms with Crippen molar-refractivity contribution >= 4 is 74.8 Å². The first-order chi connectivity index (χ1) is 19.9. The van der Waals surface area contributed by atoms with Crippen LogP contribution >= 0.6 is 11.3 Å². The van der Waals surface area contributed by atoms with Gasteiger partial charge in [0.2, 0.25) is 0 Å². The molecule has 9 aromatic rings. The van der Waals surface area contributed by atoms with E-state index in [4.69, 9.17) is 4.42 Å². The lowest BCUT2D eigenvalue weighted by atomic mass is 9.84. The van der Waals surface area contributed by atoms with E-state index in [0.29, 0.717) is 0 Å². The topological polar surface area (TPSA) is 13.1 Å². The number of hydrogen-bond acceptors (Lipinski definition) is 2. The van der Waals surface area contributed by atoms with Gasteiger partial charge in [-0.05, 0) is 67.2 Å².